The maximum absolute atomic E-state index is 3.83. The summed E-state index contributed by atoms with van der Waals surface area (Å²) in [5, 5.41) is 0. The topological polar surface area (TPSA) is 0 Å². The van der Waals surface area contributed by atoms with Crippen LogP contribution in [0.5, 0.6) is 0 Å². The molecular weight excluding hydrogens is 265 g/mol. The number of unbranched alkanes of at least 4 members (excludes halogenated alkanes) is 8. The minimum Gasteiger partial charge on any atom is -0.343 e. The van der Waals surface area contributed by atoms with Gasteiger partial charge in [0.1, 0.15) is 0 Å². The van der Waals surface area contributed by atoms with Gasteiger partial charge in [0.15, 0.2) is 0 Å². The van der Waals surface area contributed by atoms with Crippen molar-refractivity contribution in [2.24, 2.45) is 0 Å². The van der Waals surface area contributed by atoms with Gasteiger partial charge in [-0.25, -0.2) is 0 Å². The van der Waals surface area contributed by atoms with Crippen LogP contribution < -0.4 is 68.9 Å². The molecule has 12 heavy (non-hydrogen) atoms. The summed E-state index contributed by atoms with van der Waals surface area (Å²) >= 11 is 0. The van der Waals surface area contributed by atoms with E-state index < -0.39 is 0 Å². The SMILES string of the molecule is [CH2-]CCCCCCCCCC.[Cs+]. The first-order chi connectivity index (χ1) is 5.41. The van der Waals surface area contributed by atoms with Crippen molar-refractivity contribution in [2.75, 3.05) is 0 Å². The van der Waals surface area contributed by atoms with Gasteiger partial charge in [0.25, 0.3) is 0 Å². The molecule has 0 aromatic rings. The van der Waals surface area contributed by atoms with Gasteiger partial charge in [-0.05, 0) is 0 Å². The van der Waals surface area contributed by atoms with E-state index in [1.54, 1.807) is 0 Å². The van der Waals surface area contributed by atoms with Crippen LogP contribution in [0.25, 0.3) is 0 Å². The quantitative estimate of drug-likeness (QED) is 0.467. The standard InChI is InChI=1S/C11H23.Cs/c1-3-5-7-9-11-10-8-6-4-2;/h1,3-11H2,2H3;/q-1;+1. The van der Waals surface area contributed by atoms with Crippen LogP contribution in [0.1, 0.15) is 64.7 Å². The maximum atomic E-state index is 3.83. The molecule has 0 radical (unpaired) electrons. The van der Waals surface area contributed by atoms with Gasteiger partial charge in [-0.3, -0.25) is 0 Å². The van der Waals surface area contributed by atoms with Gasteiger partial charge in [-0.2, -0.15) is 6.42 Å². The molecule has 0 saturated heterocycles. The molecule has 0 nitrogen and oxygen atoms in total. The largest absolute Gasteiger partial charge is 1.00 e. The first-order valence-corrected chi connectivity index (χ1v) is 5.21. The second kappa shape index (κ2) is 15.5. The molecule has 0 saturated carbocycles. The van der Waals surface area contributed by atoms with Crippen molar-refractivity contribution in [1.82, 2.24) is 0 Å². The van der Waals surface area contributed by atoms with Crippen molar-refractivity contribution in [3.05, 3.63) is 6.92 Å². The zero-order valence-electron chi connectivity index (χ0n) is 9.07. The predicted molar refractivity (Wildman–Crippen MR) is 52.6 cm³/mol. The molecule has 68 valence electrons. The first kappa shape index (κ1) is 16.5. The van der Waals surface area contributed by atoms with Crippen LogP contribution in [0, 0.1) is 6.92 Å². The molecule has 0 fully saturated rings. The van der Waals surface area contributed by atoms with Gasteiger partial charge < -0.3 is 6.92 Å². The summed E-state index contributed by atoms with van der Waals surface area (Å²) in [6, 6.07) is 0. The summed E-state index contributed by atoms with van der Waals surface area (Å²) < 4.78 is 0. The van der Waals surface area contributed by atoms with Crippen molar-refractivity contribution in [2.45, 2.75) is 64.7 Å². The second-order valence-corrected chi connectivity index (χ2v) is 3.33. The van der Waals surface area contributed by atoms with Crippen molar-refractivity contribution >= 4 is 0 Å². The molecule has 0 aromatic heterocycles. The van der Waals surface area contributed by atoms with Gasteiger partial charge >= 0.3 is 68.9 Å². The van der Waals surface area contributed by atoms with Crippen LogP contribution in [-0.2, 0) is 0 Å². The molecule has 0 bridgehead atoms. The third-order valence-electron chi connectivity index (χ3n) is 2.10. The Morgan fingerprint density at radius 3 is 1.58 bits per heavy atom. The predicted octanol–water partition coefficient (Wildman–Crippen LogP) is 1.36. The molecule has 0 aliphatic carbocycles. The van der Waals surface area contributed by atoms with E-state index in [2.05, 4.69) is 13.8 Å². The average molecular weight is 288 g/mol. The summed E-state index contributed by atoms with van der Waals surface area (Å²) in [5.74, 6) is 0. The van der Waals surface area contributed by atoms with Crippen LogP contribution in [0.3, 0.4) is 0 Å². The van der Waals surface area contributed by atoms with E-state index in [0.717, 1.165) is 6.42 Å². The van der Waals surface area contributed by atoms with E-state index in [-0.39, 0.29) is 68.9 Å². The van der Waals surface area contributed by atoms with Gasteiger partial charge in [0.2, 0.25) is 0 Å². The summed E-state index contributed by atoms with van der Waals surface area (Å²) in [6.07, 6.45) is 12.4. The monoisotopic (exact) mass is 288 g/mol. The summed E-state index contributed by atoms with van der Waals surface area (Å²) in [5.41, 5.74) is 0. The van der Waals surface area contributed by atoms with E-state index in [9.17, 15) is 0 Å². The Morgan fingerprint density at radius 2 is 1.17 bits per heavy atom. The summed E-state index contributed by atoms with van der Waals surface area (Å²) in [7, 11) is 0. The smallest absolute Gasteiger partial charge is 0.343 e. The molecule has 0 heterocycles. The van der Waals surface area contributed by atoms with Crippen LogP contribution in [0.15, 0.2) is 0 Å². The third kappa shape index (κ3) is 14.6. The molecule has 0 amide bonds. The fourth-order valence-electron chi connectivity index (χ4n) is 1.31. The second-order valence-electron chi connectivity index (χ2n) is 3.33. The van der Waals surface area contributed by atoms with Crippen molar-refractivity contribution < 1.29 is 68.9 Å². The molecule has 0 atom stereocenters. The molecule has 0 rings (SSSR count). The Balaban J connectivity index is 0. The van der Waals surface area contributed by atoms with Crippen LogP contribution >= 0.6 is 0 Å². The van der Waals surface area contributed by atoms with Gasteiger partial charge in [-0.15, -0.1) is 0 Å². The summed E-state index contributed by atoms with van der Waals surface area (Å²) in [4.78, 5) is 0. The van der Waals surface area contributed by atoms with Crippen molar-refractivity contribution in [3.8, 4) is 0 Å². The Kier molecular flexibility index (Phi) is 21.3. The third-order valence-corrected chi connectivity index (χ3v) is 2.10. The molecular formula is C11H23Cs. The van der Waals surface area contributed by atoms with E-state index in [0.29, 0.717) is 0 Å². The van der Waals surface area contributed by atoms with Crippen LogP contribution in [-0.4, -0.2) is 0 Å². The molecule has 0 aliphatic rings. The zero-order valence-corrected chi connectivity index (χ0v) is 15.4. The van der Waals surface area contributed by atoms with Gasteiger partial charge in [0.05, 0.1) is 0 Å². The average Bonchev–Trinajstić information content (AvgIpc) is 2.03. The minimum absolute atomic E-state index is 0. The first-order valence-electron chi connectivity index (χ1n) is 5.21. The van der Waals surface area contributed by atoms with Crippen molar-refractivity contribution in [1.29, 1.82) is 0 Å². The summed E-state index contributed by atoms with van der Waals surface area (Å²) in [6.45, 7) is 6.10. The maximum Gasteiger partial charge on any atom is 1.00 e. The fourth-order valence-corrected chi connectivity index (χ4v) is 1.31. The normalized spacial score (nSPS) is 9.50. The Labute approximate surface area is 138 Å². The zero-order chi connectivity index (χ0) is 8.36. The van der Waals surface area contributed by atoms with Crippen LogP contribution in [0.4, 0.5) is 0 Å². The van der Waals surface area contributed by atoms with Crippen LogP contribution in [0.2, 0.25) is 0 Å². The molecule has 0 unspecified atom stereocenters. The molecule has 0 aromatic carbocycles. The van der Waals surface area contributed by atoms with E-state index >= 15 is 0 Å². The van der Waals surface area contributed by atoms with E-state index in [4.69, 9.17) is 0 Å². The molecule has 0 aliphatic heterocycles. The van der Waals surface area contributed by atoms with Gasteiger partial charge in [0, 0.05) is 0 Å². The number of hydrogen-bond acceptors (Lipinski definition) is 0. The van der Waals surface area contributed by atoms with Gasteiger partial charge in [-0.1, -0.05) is 58.3 Å². The molecule has 1 heteroatoms. The van der Waals surface area contributed by atoms with Crippen molar-refractivity contribution in [3.63, 3.8) is 0 Å². The van der Waals surface area contributed by atoms with E-state index in [1.807, 2.05) is 0 Å². The minimum atomic E-state index is 0. The Hall–Kier alpha value is 2.05. The fraction of sp³-hybridized carbons (Fsp3) is 0.909. The Morgan fingerprint density at radius 1 is 0.750 bits per heavy atom. The molecule has 0 spiro atoms. The number of rotatable bonds is 8. The van der Waals surface area contributed by atoms with E-state index in [1.165, 1.54) is 51.4 Å². The Bertz CT molecular complexity index is 54.0. The molecule has 0 N–H and O–H groups in total. The number of hydrogen-bond donors (Lipinski definition) is 0.